The number of Topliss-reactive ketones (excluding diaryl/α,β-unsaturated/α-hetero) is 1. The largest absolute Gasteiger partial charge is 0.392 e. The van der Waals surface area contributed by atoms with Gasteiger partial charge in [0.05, 0.1) is 6.61 Å². The predicted molar refractivity (Wildman–Crippen MR) is 83.8 cm³/mol. The van der Waals surface area contributed by atoms with Crippen LogP contribution in [-0.4, -0.2) is 17.5 Å². The number of allylic oxidation sites excluding steroid dienone is 5. The lowest BCUT2D eigenvalue weighted by atomic mass is 10.1. The molecule has 1 N–H and O–H groups in total. The van der Waals surface area contributed by atoms with Crippen molar-refractivity contribution < 1.29 is 9.90 Å². The highest BCUT2D eigenvalue weighted by molar-refractivity contribution is 5.78. The number of carbonyl (C=O) groups is 1. The minimum atomic E-state index is 0.0481. The normalized spacial score (nSPS) is 10.5. The Bertz CT molecular complexity index is 459. The first-order chi connectivity index (χ1) is 9.81. The van der Waals surface area contributed by atoms with E-state index in [1.165, 1.54) is 0 Å². The van der Waals surface area contributed by atoms with Gasteiger partial charge in [0.2, 0.25) is 0 Å². The molecule has 0 aromatic heterocycles. The fourth-order valence-electron chi connectivity index (χ4n) is 1.32. The van der Waals surface area contributed by atoms with E-state index in [1.54, 1.807) is 18.2 Å². The molecule has 0 aliphatic carbocycles. The second kappa shape index (κ2) is 15.0. The molecule has 20 heavy (non-hydrogen) atoms. The van der Waals surface area contributed by atoms with Gasteiger partial charge in [-0.2, -0.15) is 0 Å². The van der Waals surface area contributed by atoms with E-state index in [4.69, 9.17) is 5.11 Å². The molecule has 2 nitrogen and oxygen atoms in total. The fraction of sp³-hybridized carbons (Fsp3) is 0.389. The van der Waals surface area contributed by atoms with E-state index in [9.17, 15) is 4.79 Å². The Balaban J connectivity index is 3.75. The van der Waals surface area contributed by atoms with Crippen LogP contribution in [0.5, 0.6) is 0 Å². The number of aliphatic hydroxyl groups excluding tert-OH is 1. The minimum Gasteiger partial charge on any atom is -0.392 e. The van der Waals surface area contributed by atoms with Crippen molar-refractivity contribution >= 4 is 5.78 Å². The lowest BCUT2D eigenvalue weighted by Gasteiger charge is -1.93. The Kier molecular flexibility index (Phi) is 13.5. The van der Waals surface area contributed by atoms with Gasteiger partial charge in [0, 0.05) is 19.3 Å². The van der Waals surface area contributed by atoms with Crippen molar-refractivity contribution in [3.05, 3.63) is 36.5 Å². The van der Waals surface area contributed by atoms with Crippen LogP contribution in [0, 0.1) is 23.7 Å². The average molecular weight is 270 g/mol. The third kappa shape index (κ3) is 14.0. The van der Waals surface area contributed by atoms with E-state index in [0.29, 0.717) is 25.0 Å². The second-order valence-corrected chi connectivity index (χ2v) is 4.04. The molecule has 0 heterocycles. The van der Waals surface area contributed by atoms with Crippen LogP contribution in [0.2, 0.25) is 0 Å². The molecule has 0 saturated carbocycles. The van der Waals surface area contributed by atoms with Gasteiger partial charge < -0.3 is 5.11 Å². The molecular weight excluding hydrogens is 248 g/mol. The Morgan fingerprint density at radius 1 is 1.10 bits per heavy atom. The average Bonchev–Trinajstić information content (AvgIpc) is 2.44. The zero-order valence-corrected chi connectivity index (χ0v) is 12.1. The molecule has 0 atom stereocenters. The Morgan fingerprint density at radius 2 is 1.95 bits per heavy atom. The van der Waals surface area contributed by atoms with Gasteiger partial charge in [0.1, 0.15) is 5.78 Å². The molecule has 2 heteroatoms. The minimum absolute atomic E-state index is 0.0481. The SMILES string of the molecule is CCCC(=O)CCC=CC=CC#CC#CCC=CCO. The summed E-state index contributed by atoms with van der Waals surface area (Å²) in [5, 5.41) is 8.49. The maximum atomic E-state index is 11.2. The van der Waals surface area contributed by atoms with Crippen LogP contribution in [0.25, 0.3) is 0 Å². The molecule has 0 spiro atoms. The summed E-state index contributed by atoms with van der Waals surface area (Å²) in [6.45, 7) is 2.06. The van der Waals surface area contributed by atoms with E-state index >= 15 is 0 Å². The van der Waals surface area contributed by atoms with E-state index in [1.807, 2.05) is 25.2 Å². The fourth-order valence-corrected chi connectivity index (χ4v) is 1.32. The number of hydrogen-bond acceptors (Lipinski definition) is 2. The number of carbonyl (C=O) groups excluding carboxylic acids is 1. The smallest absolute Gasteiger partial charge is 0.133 e. The number of hydrogen-bond donors (Lipinski definition) is 1. The first-order valence-corrected chi connectivity index (χ1v) is 6.88. The topological polar surface area (TPSA) is 37.3 Å². The molecule has 0 aliphatic heterocycles. The van der Waals surface area contributed by atoms with Crippen LogP contribution in [-0.2, 0) is 4.79 Å². The van der Waals surface area contributed by atoms with Crippen LogP contribution in [0.1, 0.15) is 39.0 Å². The third-order valence-corrected chi connectivity index (χ3v) is 2.26. The predicted octanol–water partition coefficient (Wildman–Crippen LogP) is 3.19. The molecule has 0 aromatic carbocycles. The van der Waals surface area contributed by atoms with Crippen LogP contribution in [0.4, 0.5) is 0 Å². The lowest BCUT2D eigenvalue weighted by molar-refractivity contribution is -0.119. The summed E-state index contributed by atoms with van der Waals surface area (Å²) in [4.78, 5) is 11.2. The highest BCUT2D eigenvalue weighted by atomic mass is 16.2. The van der Waals surface area contributed by atoms with E-state index in [2.05, 4.69) is 23.7 Å². The van der Waals surface area contributed by atoms with Crippen LogP contribution >= 0.6 is 0 Å². The molecular formula is C18H22O2. The maximum absolute atomic E-state index is 11.2. The van der Waals surface area contributed by atoms with Gasteiger partial charge in [-0.15, -0.1) is 0 Å². The first kappa shape index (κ1) is 18.0. The molecule has 0 saturated heterocycles. The second-order valence-electron chi connectivity index (χ2n) is 4.04. The summed E-state index contributed by atoms with van der Waals surface area (Å²) >= 11 is 0. The molecule has 0 amide bonds. The van der Waals surface area contributed by atoms with Crippen LogP contribution in [0.3, 0.4) is 0 Å². The molecule has 0 bridgehead atoms. The summed E-state index contributed by atoms with van der Waals surface area (Å²) in [5.74, 6) is 11.4. The summed E-state index contributed by atoms with van der Waals surface area (Å²) < 4.78 is 0. The van der Waals surface area contributed by atoms with Gasteiger partial charge in [-0.3, -0.25) is 4.79 Å². The lowest BCUT2D eigenvalue weighted by Crippen LogP contribution is -1.94. The van der Waals surface area contributed by atoms with Gasteiger partial charge in [-0.05, 0) is 30.8 Å². The number of ketones is 1. The number of aliphatic hydroxyl groups is 1. The van der Waals surface area contributed by atoms with E-state index in [0.717, 1.165) is 12.8 Å². The Labute approximate surface area is 122 Å². The molecule has 0 radical (unpaired) electrons. The standard InChI is InChI=1S/C18H22O2/c1-2-15-18(20)16-13-11-9-7-5-3-4-6-8-10-12-14-17-19/h5,7,9,11-12,14,19H,2,10,13,15-17H2,1H3. The van der Waals surface area contributed by atoms with Crippen molar-refractivity contribution in [3.8, 4) is 23.7 Å². The molecule has 0 aliphatic rings. The van der Waals surface area contributed by atoms with Crippen molar-refractivity contribution in [3.63, 3.8) is 0 Å². The van der Waals surface area contributed by atoms with Gasteiger partial charge in [0.25, 0.3) is 0 Å². The molecule has 0 rings (SSSR count). The third-order valence-electron chi connectivity index (χ3n) is 2.26. The van der Waals surface area contributed by atoms with Crippen LogP contribution < -0.4 is 0 Å². The van der Waals surface area contributed by atoms with Crippen molar-refractivity contribution in [2.24, 2.45) is 0 Å². The molecule has 0 fully saturated rings. The van der Waals surface area contributed by atoms with Crippen molar-refractivity contribution in [2.75, 3.05) is 6.61 Å². The highest BCUT2D eigenvalue weighted by Gasteiger charge is 1.96. The van der Waals surface area contributed by atoms with E-state index in [-0.39, 0.29) is 6.61 Å². The van der Waals surface area contributed by atoms with E-state index < -0.39 is 0 Å². The first-order valence-electron chi connectivity index (χ1n) is 6.88. The quantitative estimate of drug-likeness (QED) is 0.418. The zero-order valence-electron chi connectivity index (χ0n) is 12.1. The van der Waals surface area contributed by atoms with Gasteiger partial charge in [-0.25, -0.2) is 0 Å². The van der Waals surface area contributed by atoms with Gasteiger partial charge in [-0.1, -0.05) is 49.1 Å². The van der Waals surface area contributed by atoms with Gasteiger partial charge in [0.15, 0.2) is 0 Å². The maximum Gasteiger partial charge on any atom is 0.133 e. The van der Waals surface area contributed by atoms with Crippen molar-refractivity contribution in [1.82, 2.24) is 0 Å². The highest BCUT2D eigenvalue weighted by Crippen LogP contribution is 1.98. The van der Waals surface area contributed by atoms with Gasteiger partial charge >= 0.3 is 0 Å². The van der Waals surface area contributed by atoms with Crippen molar-refractivity contribution in [1.29, 1.82) is 0 Å². The summed E-state index contributed by atoms with van der Waals surface area (Å²) in [6, 6.07) is 0. The van der Waals surface area contributed by atoms with Crippen molar-refractivity contribution in [2.45, 2.75) is 39.0 Å². The summed E-state index contributed by atoms with van der Waals surface area (Å²) in [5.41, 5.74) is 0. The summed E-state index contributed by atoms with van der Waals surface area (Å²) in [7, 11) is 0. The molecule has 0 unspecified atom stereocenters. The summed E-state index contributed by atoms with van der Waals surface area (Å²) in [6.07, 6.45) is 14.5. The van der Waals surface area contributed by atoms with Crippen LogP contribution in [0.15, 0.2) is 36.5 Å². The Hall–Kier alpha value is -2.03. The monoisotopic (exact) mass is 270 g/mol. The zero-order chi connectivity index (χ0) is 14.9. The Morgan fingerprint density at radius 3 is 2.70 bits per heavy atom. The number of rotatable bonds is 8. The molecule has 0 aromatic rings. The molecule has 106 valence electrons.